The molecule has 1 fully saturated rings. The Labute approximate surface area is 47.7 Å². The van der Waals surface area contributed by atoms with Crippen molar-refractivity contribution in [1.82, 2.24) is 11.0 Å². The zero-order valence-corrected chi connectivity index (χ0v) is 4.55. The Kier molecular flexibility index (Phi) is 2.23. The van der Waals surface area contributed by atoms with Crippen LogP contribution in [0.15, 0.2) is 0 Å². The van der Waals surface area contributed by atoms with Crippen molar-refractivity contribution >= 4 is 0 Å². The van der Waals surface area contributed by atoms with Gasteiger partial charge in [-0.05, 0) is 13.0 Å². The predicted octanol–water partition coefficient (Wildman–Crippen LogP) is -0.741. The first-order chi connectivity index (χ1) is 3.93. The second-order valence-corrected chi connectivity index (χ2v) is 1.84. The molecule has 8 heavy (non-hydrogen) atoms. The highest BCUT2D eigenvalue weighted by atomic mass is 16.8. The molecule has 0 radical (unpaired) electrons. The van der Waals surface area contributed by atoms with E-state index in [2.05, 4.69) is 10.2 Å². The van der Waals surface area contributed by atoms with Crippen molar-refractivity contribution in [3.63, 3.8) is 0 Å². The minimum absolute atomic E-state index is 0.439. The molecule has 1 aliphatic rings. The van der Waals surface area contributed by atoms with E-state index in [0.717, 1.165) is 13.0 Å². The largest absolute Gasteiger partial charge is 0.311 e. The van der Waals surface area contributed by atoms with Crippen LogP contribution in [0.1, 0.15) is 6.42 Å². The molecule has 0 unspecified atom stereocenters. The van der Waals surface area contributed by atoms with E-state index in [1.807, 2.05) is 0 Å². The third kappa shape index (κ3) is 1.41. The standard InChI is InChI=1S/C4H10N2O2/c7-6-8-3-4-1-2-5-4/h4-7H,1-3H2/t4-/m0/s1. The van der Waals surface area contributed by atoms with Gasteiger partial charge in [-0.3, -0.25) is 10.0 Å². The number of hydrogen-bond donors (Lipinski definition) is 3. The Morgan fingerprint density at radius 1 is 1.88 bits per heavy atom. The molecule has 3 N–H and O–H groups in total. The van der Waals surface area contributed by atoms with Crippen LogP contribution in [0.2, 0.25) is 0 Å². The Morgan fingerprint density at radius 2 is 2.62 bits per heavy atom. The van der Waals surface area contributed by atoms with E-state index >= 15 is 0 Å². The lowest BCUT2D eigenvalue weighted by Crippen LogP contribution is -2.46. The summed E-state index contributed by atoms with van der Waals surface area (Å²) >= 11 is 0. The maximum atomic E-state index is 7.93. The van der Waals surface area contributed by atoms with Crippen LogP contribution in [0.5, 0.6) is 0 Å². The highest BCUT2D eigenvalue weighted by Gasteiger charge is 2.15. The first kappa shape index (κ1) is 5.97. The van der Waals surface area contributed by atoms with E-state index < -0.39 is 0 Å². The molecule has 0 aromatic heterocycles. The quantitative estimate of drug-likeness (QED) is 0.427. The minimum Gasteiger partial charge on any atom is -0.311 e. The summed E-state index contributed by atoms with van der Waals surface area (Å²) in [4.78, 5) is 4.48. The zero-order chi connectivity index (χ0) is 5.82. The molecule has 0 amide bonds. The highest BCUT2D eigenvalue weighted by Crippen LogP contribution is 1.99. The van der Waals surface area contributed by atoms with Crippen LogP contribution in [0.4, 0.5) is 0 Å². The molecule has 0 bridgehead atoms. The van der Waals surface area contributed by atoms with E-state index in [4.69, 9.17) is 5.21 Å². The van der Waals surface area contributed by atoms with Crippen molar-refractivity contribution in [3.8, 4) is 0 Å². The van der Waals surface area contributed by atoms with Gasteiger partial charge in [-0.2, -0.15) is 0 Å². The molecule has 48 valence electrons. The summed E-state index contributed by atoms with van der Waals surface area (Å²) in [6, 6.07) is 0.439. The van der Waals surface area contributed by atoms with Crippen LogP contribution in [0.25, 0.3) is 0 Å². The van der Waals surface area contributed by atoms with Gasteiger partial charge in [-0.15, -0.1) is 0 Å². The van der Waals surface area contributed by atoms with E-state index in [1.54, 1.807) is 5.64 Å². The molecule has 0 aromatic carbocycles. The Morgan fingerprint density at radius 3 is 3.00 bits per heavy atom. The topological polar surface area (TPSA) is 53.5 Å². The van der Waals surface area contributed by atoms with Gasteiger partial charge in [0.15, 0.2) is 0 Å². The molecule has 1 rings (SSSR count). The summed E-state index contributed by atoms with van der Waals surface area (Å²) in [5, 5.41) is 11.0. The first-order valence-electron chi connectivity index (χ1n) is 2.68. The van der Waals surface area contributed by atoms with Crippen molar-refractivity contribution in [3.05, 3.63) is 0 Å². The van der Waals surface area contributed by atoms with Crippen LogP contribution >= 0.6 is 0 Å². The third-order valence-corrected chi connectivity index (χ3v) is 1.27. The smallest absolute Gasteiger partial charge is 0.0862 e. The van der Waals surface area contributed by atoms with Gasteiger partial charge < -0.3 is 5.32 Å². The minimum atomic E-state index is 0.439. The zero-order valence-electron chi connectivity index (χ0n) is 4.55. The second kappa shape index (κ2) is 2.99. The van der Waals surface area contributed by atoms with Crippen LogP contribution in [0.3, 0.4) is 0 Å². The van der Waals surface area contributed by atoms with Gasteiger partial charge >= 0.3 is 0 Å². The maximum Gasteiger partial charge on any atom is 0.0862 e. The average molecular weight is 118 g/mol. The lowest BCUT2D eigenvalue weighted by molar-refractivity contribution is -0.135. The Balaban J connectivity index is 1.86. The Bertz CT molecular complexity index is 65.1. The second-order valence-electron chi connectivity index (χ2n) is 1.84. The summed E-state index contributed by atoms with van der Waals surface area (Å²) in [6.07, 6.45) is 1.14. The molecule has 4 nitrogen and oxygen atoms in total. The Hall–Kier alpha value is -0.160. The van der Waals surface area contributed by atoms with E-state index in [0.29, 0.717) is 12.6 Å². The highest BCUT2D eigenvalue weighted by molar-refractivity contribution is 4.75. The van der Waals surface area contributed by atoms with Crippen LogP contribution in [-0.2, 0) is 4.84 Å². The molecular weight excluding hydrogens is 108 g/mol. The fourth-order valence-electron chi connectivity index (χ4n) is 0.629. The van der Waals surface area contributed by atoms with Gasteiger partial charge in [0.25, 0.3) is 0 Å². The first-order valence-corrected chi connectivity index (χ1v) is 2.68. The molecule has 0 aliphatic carbocycles. The van der Waals surface area contributed by atoms with Gasteiger partial charge in [0.2, 0.25) is 0 Å². The monoisotopic (exact) mass is 118 g/mol. The molecule has 4 heteroatoms. The van der Waals surface area contributed by atoms with E-state index in [1.165, 1.54) is 0 Å². The summed E-state index contributed by atoms with van der Waals surface area (Å²) < 4.78 is 0. The normalized spacial score (nSPS) is 27.4. The van der Waals surface area contributed by atoms with Crippen molar-refractivity contribution in [2.24, 2.45) is 0 Å². The molecular formula is C4H10N2O2. The molecule has 1 heterocycles. The number of nitrogens with one attached hydrogen (secondary N) is 2. The third-order valence-electron chi connectivity index (χ3n) is 1.27. The average Bonchev–Trinajstić information content (AvgIpc) is 1.63. The van der Waals surface area contributed by atoms with Crippen LogP contribution < -0.4 is 11.0 Å². The summed E-state index contributed by atoms with van der Waals surface area (Å²) in [6.45, 7) is 1.61. The van der Waals surface area contributed by atoms with Crippen molar-refractivity contribution in [2.45, 2.75) is 12.5 Å². The van der Waals surface area contributed by atoms with Gasteiger partial charge in [-0.1, -0.05) is 5.64 Å². The molecule has 0 aromatic rings. The fourth-order valence-corrected chi connectivity index (χ4v) is 0.629. The molecule has 1 atom stereocenters. The van der Waals surface area contributed by atoms with Crippen LogP contribution in [-0.4, -0.2) is 24.4 Å². The predicted molar refractivity (Wildman–Crippen MR) is 27.3 cm³/mol. The van der Waals surface area contributed by atoms with Crippen molar-refractivity contribution < 1.29 is 10.0 Å². The maximum absolute atomic E-state index is 7.93. The van der Waals surface area contributed by atoms with Gasteiger partial charge in [0, 0.05) is 6.04 Å². The van der Waals surface area contributed by atoms with Crippen LogP contribution in [0, 0.1) is 0 Å². The number of rotatable bonds is 3. The molecule has 0 saturated carbocycles. The van der Waals surface area contributed by atoms with E-state index in [-0.39, 0.29) is 0 Å². The molecule has 1 aliphatic heterocycles. The van der Waals surface area contributed by atoms with Crippen molar-refractivity contribution in [2.75, 3.05) is 13.2 Å². The fraction of sp³-hybridized carbons (Fsp3) is 1.00. The van der Waals surface area contributed by atoms with Gasteiger partial charge in [-0.25, -0.2) is 0 Å². The lowest BCUT2D eigenvalue weighted by atomic mass is 10.1. The van der Waals surface area contributed by atoms with Crippen molar-refractivity contribution in [1.29, 1.82) is 0 Å². The molecule has 1 saturated heterocycles. The summed E-state index contributed by atoms with van der Waals surface area (Å²) in [5.74, 6) is 0. The SMILES string of the molecule is ONOC[C@@H]1CCN1. The lowest BCUT2D eigenvalue weighted by Gasteiger charge is -2.26. The molecule has 0 spiro atoms. The van der Waals surface area contributed by atoms with Gasteiger partial charge in [0.05, 0.1) is 6.61 Å². The number of hydrogen-bond acceptors (Lipinski definition) is 4. The van der Waals surface area contributed by atoms with E-state index in [9.17, 15) is 0 Å². The summed E-state index contributed by atoms with van der Waals surface area (Å²) in [7, 11) is 0. The summed E-state index contributed by atoms with van der Waals surface area (Å²) in [5.41, 5.74) is 1.63. The van der Waals surface area contributed by atoms with Gasteiger partial charge in [0.1, 0.15) is 0 Å².